The molecular formula is C30H28Cl2N4O5. The normalized spacial score (nSPS) is 12.6. The second-order valence-corrected chi connectivity index (χ2v) is 10.4. The molecule has 0 unspecified atom stereocenters. The van der Waals surface area contributed by atoms with Gasteiger partial charge in [-0.15, -0.1) is 0 Å². The number of carbonyl (C=O) groups excluding carboxylic acids is 2. The molecule has 0 spiro atoms. The number of nitrogens with zero attached hydrogens (tertiary/aromatic N) is 3. The van der Waals surface area contributed by atoms with Crippen LogP contribution >= 0.6 is 23.2 Å². The molecule has 11 heteroatoms. The van der Waals surface area contributed by atoms with Crippen molar-refractivity contribution in [1.82, 2.24) is 19.4 Å². The number of hydrogen-bond donors (Lipinski definition) is 1. The topological polar surface area (TPSA) is 94.8 Å². The molecule has 0 saturated carbocycles. The fraction of sp³-hybridized carbons (Fsp3) is 0.233. The zero-order valence-electron chi connectivity index (χ0n) is 22.7. The molecule has 3 aromatic carbocycles. The van der Waals surface area contributed by atoms with E-state index >= 15 is 0 Å². The Balaban J connectivity index is 1.52. The summed E-state index contributed by atoms with van der Waals surface area (Å²) >= 11 is 12.2. The zero-order valence-corrected chi connectivity index (χ0v) is 24.3. The molecule has 2 amide bonds. The lowest BCUT2D eigenvalue weighted by Gasteiger charge is -2.28. The lowest BCUT2D eigenvalue weighted by atomic mass is 10.1. The summed E-state index contributed by atoms with van der Waals surface area (Å²) in [6.07, 6.45) is 0. The minimum absolute atomic E-state index is 0.0541. The van der Waals surface area contributed by atoms with E-state index in [9.17, 15) is 14.4 Å². The van der Waals surface area contributed by atoms with Gasteiger partial charge in [-0.25, -0.2) is 4.79 Å². The number of amides is 2. The third-order valence-corrected chi connectivity index (χ3v) is 7.84. The molecule has 0 saturated heterocycles. The molecule has 1 aliphatic rings. The Labute approximate surface area is 246 Å². The Morgan fingerprint density at radius 1 is 0.927 bits per heavy atom. The number of aryl methyl sites for hydroxylation is 1. The zero-order chi connectivity index (χ0) is 29.3. The van der Waals surface area contributed by atoms with Crippen LogP contribution in [0.1, 0.15) is 37.7 Å². The van der Waals surface area contributed by atoms with E-state index in [1.54, 1.807) is 60.1 Å². The standard InChI is InChI=1S/C30H28Cl2N4O5/c1-18-4-5-19(14-26(18)41-3)16-33-28(37)27-25-17-34(29(38)20-6-11-23(31)24(32)15-20)12-13-35(25)30(39)36(27)21-7-9-22(40-2)10-8-21/h4-11,14-15H,12-13,16-17H2,1-3H3,(H,33,37). The average molecular weight is 595 g/mol. The highest BCUT2D eigenvalue weighted by Gasteiger charge is 2.32. The molecule has 4 aromatic rings. The summed E-state index contributed by atoms with van der Waals surface area (Å²) in [7, 11) is 3.15. The van der Waals surface area contributed by atoms with Crippen LogP contribution in [0.25, 0.3) is 5.69 Å². The minimum atomic E-state index is -0.449. The maximum absolute atomic E-state index is 13.8. The largest absolute Gasteiger partial charge is 0.497 e. The van der Waals surface area contributed by atoms with Gasteiger partial charge < -0.3 is 19.7 Å². The van der Waals surface area contributed by atoms with Crippen LogP contribution in [-0.4, -0.2) is 46.6 Å². The third kappa shape index (κ3) is 5.55. The van der Waals surface area contributed by atoms with Crippen molar-refractivity contribution >= 4 is 35.0 Å². The van der Waals surface area contributed by atoms with Crippen molar-refractivity contribution in [3.63, 3.8) is 0 Å². The quantitative estimate of drug-likeness (QED) is 0.330. The van der Waals surface area contributed by atoms with Gasteiger partial charge in [0.25, 0.3) is 11.8 Å². The molecule has 41 heavy (non-hydrogen) atoms. The van der Waals surface area contributed by atoms with Crippen molar-refractivity contribution in [3.8, 4) is 17.2 Å². The van der Waals surface area contributed by atoms with Crippen LogP contribution in [0.3, 0.4) is 0 Å². The van der Waals surface area contributed by atoms with Gasteiger partial charge in [0, 0.05) is 25.2 Å². The summed E-state index contributed by atoms with van der Waals surface area (Å²) in [6, 6.07) is 17.2. The number of halogens is 2. The summed E-state index contributed by atoms with van der Waals surface area (Å²) in [5.74, 6) is 0.598. The van der Waals surface area contributed by atoms with E-state index in [-0.39, 0.29) is 48.5 Å². The van der Waals surface area contributed by atoms with E-state index in [1.165, 1.54) is 10.6 Å². The van der Waals surface area contributed by atoms with Gasteiger partial charge in [-0.1, -0.05) is 35.3 Å². The number of carbonyl (C=O) groups is 2. The molecule has 0 aliphatic carbocycles. The monoisotopic (exact) mass is 594 g/mol. The summed E-state index contributed by atoms with van der Waals surface area (Å²) in [4.78, 5) is 42.5. The molecule has 1 aliphatic heterocycles. The number of fused-ring (bicyclic) bond motifs is 1. The first-order valence-electron chi connectivity index (χ1n) is 12.9. The first-order chi connectivity index (χ1) is 19.7. The van der Waals surface area contributed by atoms with E-state index in [1.807, 2.05) is 25.1 Å². The van der Waals surface area contributed by atoms with Crippen LogP contribution in [0.15, 0.2) is 65.5 Å². The Kier molecular flexibility index (Phi) is 8.10. The molecule has 1 N–H and O–H groups in total. The lowest BCUT2D eigenvalue weighted by molar-refractivity contribution is 0.0706. The Hall–Kier alpha value is -4.21. The van der Waals surface area contributed by atoms with Crippen molar-refractivity contribution < 1.29 is 19.1 Å². The lowest BCUT2D eigenvalue weighted by Crippen LogP contribution is -2.41. The predicted molar refractivity (Wildman–Crippen MR) is 157 cm³/mol. The second-order valence-electron chi connectivity index (χ2n) is 9.61. The van der Waals surface area contributed by atoms with Gasteiger partial charge in [0.2, 0.25) is 0 Å². The number of nitrogens with one attached hydrogen (secondary N) is 1. The van der Waals surface area contributed by atoms with Gasteiger partial charge in [-0.05, 0) is 66.6 Å². The number of methoxy groups -OCH3 is 2. The summed E-state index contributed by atoms with van der Waals surface area (Å²) in [5, 5.41) is 3.56. The van der Waals surface area contributed by atoms with Gasteiger partial charge in [0.1, 0.15) is 17.2 Å². The van der Waals surface area contributed by atoms with Crippen molar-refractivity contribution in [2.75, 3.05) is 20.8 Å². The highest BCUT2D eigenvalue weighted by molar-refractivity contribution is 6.42. The van der Waals surface area contributed by atoms with Crippen LogP contribution in [-0.2, 0) is 19.6 Å². The van der Waals surface area contributed by atoms with Gasteiger partial charge in [0.15, 0.2) is 0 Å². The van der Waals surface area contributed by atoms with Crippen LogP contribution in [0.4, 0.5) is 0 Å². The Morgan fingerprint density at radius 3 is 2.37 bits per heavy atom. The molecule has 5 rings (SSSR count). The second kappa shape index (κ2) is 11.7. The van der Waals surface area contributed by atoms with E-state index in [0.717, 1.165) is 11.1 Å². The van der Waals surface area contributed by atoms with Crippen LogP contribution in [0, 0.1) is 6.92 Å². The molecule has 0 radical (unpaired) electrons. The maximum Gasteiger partial charge on any atom is 0.333 e. The van der Waals surface area contributed by atoms with E-state index in [4.69, 9.17) is 32.7 Å². The van der Waals surface area contributed by atoms with Crippen LogP contribution in [0.5, 0.6) is 11.5 Å². The molecule has 0 bridgehead atoms. The highest BCUT2D eigenvalue weighted by Crippen LogP contribution is 2.26. The van der Waals surface area contributed by atoms with E-state index in [2.05, 4.69) is 5.32 Å². The number of benzene rings is 3. The molecule has 212 valence electrons. The van der Waals surface area contributed by atoms with E-state index in [0.29, 0.717) is 33.5 Å². The molecule has 0 atom stereocenters. The summed E-state index contributed by atoms with van der Waals surface area (Å²) < 4.78 is 13.6. The average Bonchev–Trinajstić information content (AvgIpc) is 3.29. The van der Waals surface area contributed by atoms with Crippen LogP contribution < -0.4 is 20.5 Å². The summed E-state index contributed by atoms with van der Waals surface area (Å²) in [6.45, 7) is 2.71. The third-order valence-electron chi connectivity index (χ3n) is 7.10. The first-order valence-corrected chi connectivity index (χ1v) is 13.6. The van der Waals surface area contributed by atoms with Gasteiger partial charge in [0.05, 0.1) is 42.2 Å². The maximum atomic E-state index is 13.8. The van der Waals surface area contributed by atoms with E-state index < -0.39 is 5.91 Å². The summed E-state index contributed by atoms with van der Waals surface area (Å²) in [5.41, 5.74) is 2.91. The molecule has 1 aromatic heterocycles. The Morgan fingerprint density at radius 2 is 1.68 bits per heavy atom. The minimum Gasteiger partial charge on any atom is -0.497 e. The molecule has 0 fully saturated rings. The van der Waals surface area contributed by atoms with Gasteiger partial charge in [-0.2, -0.15) is 0 Å². The number of rotatable bonds is 7. The molecule has 2 heterocycles. The smallest absolute Gasteiger partial charge is 0.333 e. The predicted octanol–water partition coefficient (Wildman–Crippen LogP) is 4.86. The number of imidazole rings is 1. The van der Waals surface area contributed by atoms with Crippen molar-refractivity contribution in [1.29, 1.82) is 0 Å². The van der Waals surface area contributed by atoms with Crippen LogP contribution in [0.2, 0.25) is 10.0 Å². The fourth-order valence-electron chi connectivity index (χ4n) is 4.89. The van der Waals surface area contributed by atoms with Crippen molar-refractivity contribution in [3.05, 3.63) is 109 Å². The number of hydrogen-bond acceptors (Lipinski definition) is 5. The first kappa shape index (κ1) is 28.3. The SMILES string of the molecule is COc1ccc(-n2c(C(=O)NCc3ccc(C)c(OC)c3)c3n(c2=O)CCN(C(=O)c2ccc(Cl)c(Cl)c2)C3)cc1. The van der Waals surface area contributed by atoms with Gasteiger partial charge in [-0.3, -0.25) is 18.7 Å². The van der Waals surface area contributed by atoms with Gasteiger partial charge >= 0.3 is 5.69 Å². The number of aromatic nitrogens is 2. The van der Waals surface area contributed by atoms with Crippen molar-refractivity contribution in [2.45, 2.75) is 26.6 Å². The fourth-order valence-corrected chi connectivity index (χ4v) is 5.19. The highest BCUT2D eigenvalue weighted by atomic mass is 35.5. The molecule has 9 nitrogen and oxygen atoms in total. The van der Waals surface area contributed by atoms with Crippen molar-refractivity contribution in [2.24, 2.45) is 0 Å². The molecular weight excluding hydrogens is 567 g/mol. The number of ether oxygens (including phenoxy) is 2. The Bertz CT molecular complexity index is 1690.